The molecule has 41 heavy (non-hydrogen) atoms. The van der Waals surface area contributed by atoms with Gasteiger partial charge in [-0.3, -0.25) is 9.36 Å². The number of hydrogen-bond donors (Lipinski definition) is 0. The molecule has 4 aromatic rings. The molecule has 0 saturated heterocycles. The third-order valence-electron chi connectivity index (χ3n) is 6.23. The van der Waals surface area contributed by atoms with Crippen LogP contribution in [0.5, 0.6) is 0 Å². The largest absolute Gasteiger partial charge is 0.369 e. The first-order chi connectivity index (χ1) is 19.6. The molecule has 0 aliphatic carbocycles. The van der Waals surface area contributed by atoms with E-state index in [1.54, 1.807) is 13.0 Å². The number of para-hydroxylation sites is 1. The van der Waals surface area contributed by atoms with E-state index in [1.807, 2.05) is 66.8 Å². The van der Waals surface area contributed by atoms with Gasteiger partial charge in [-0.25, -0.2) is 13.6 Å². The average Bonchev–Trinajstić information content (AvgIpc) is 3.26. The van der Waals surface area contributed by atoms with Gasteiger partial charge in [-0.15, -0.1) is 5.10 Å². The van der Waals surface area contributed by atoms with Gasteiger partial charge in [-0.1, -0.05) is 59.6 Å². The molecule has 0 spiro atoms. The lowest BCUT2D eigenvalue weighted by molar-refractivity contribution is 0.0987. The SMILES string of the molecule is CCn1c(COCc2ccccc2)nn(-c2cc(I)c(C(=O)N(CC=C(C)C)c3c(F)cccc3Cl)cc2F)c1=O. The Bertz CT molecular complexity index is 1630. The second-order valence-electron chi connectivity index (χ2n) is 9.38. The lowest BCUT2D eigenvalue weighted by Gasteiger charge is -2.24. The third kappa shape index (κ3) is 6.94. The number of rotatable bonds is 10. The van der Waals surface area contributed by atoms with Gasteiger partial charge in [0.05, 0.1) is 22.9 Å². The van der Waals surface area contributed by atoms with Crippen LogP contribution in [0.2, 0.25) is 5.02 Å². The summed E-state index contributed by atoms with van der Waals surface area (Å²) in [5.74, 6) is -1.83. The number of benzene rings is 3. The average molecular weight is 693 g/mol. The summed E-state index contributed by atoms with van der Waals surface area (Å²) in [5, 5.41) is 4.39. The molecular weight excluding hydrogens is 665 g/mol. The summed E-state index contributed by atoms with van der Waals surface area (Å²) in [4.78, 5) is 28.0. The van der Waals surface area contributed by atoms with Crippen molar-refractivity contribution in [2.75, 3.05) is 11.4 Å². The van der Waals surface area contributed by atoms with Gasteiger partial charge in [0.25, 0.3) is 5.91 Å². The number of anilines is 1. The quantitative estimate of drug-likeness (QED) is 0.134. The number of amides is 1. The molecule has 1 aromatic heterocycles. The van der Waals surface area contributed by atoms with Crippen molar-refractivity contribution in [1.82, 2.24) is 14.3 Å². The highest BCUT2D eigenvalue weighted by molar-refractivity contribution is 14.1. The van der Waals surface area contributed by atoms with Crippen LogP contribution < -0.4 is 10.6 Å². The normalized spacial score (nSPS) is 11.0. The highest BCUT2D eigenvalue weighted by Gasteiger charge is 2.26. The highest BCUT2D eigenvalue weighted by atomic mass is 127. The molecule has 7 nitrogen and oxygen atoms in total. The highest BCUT2D eigenvalue weighted by Crippen LogP contribution is 2.31. The first-order valence-corrected chi connectivity index (χ1v) is 14.3. The number of aromatic nitrogens is 3. The number of halogens is 4. The van der Waals surface area contributed by atoms with Crippen LogP contribution in [0.1, 0.15) is 42.5 Å². The molecule has 0 saturated carbocycles. The van der Waals surface area contributed by atoms with E-state index in [2.05, 4.69) is 5.10 Å². The van der Waals surface area contributed by atoms with E-state index < -0.39 is 23.2 Å². The van der Waals surface area contributed by atoms with E-state index >= 15 is 4.39 Å². The maximum Gasteiger partial charge on any atom is 0.350 e. The second-order valence-corrected chi connectivity index (χ2v) is 11.0. The van der Waals surface area contributed by atoms with E-state index in [-0.39, 0.29) is 35.1 Å². The van der Waals surface area contributed by atoms with Gasteiger partial charge in [0.2, 0.25) is 0 Å². The second kappa shape index (κ2) is 13.5. The van der Waals surface area contributed by atoms with Crippen LogP contribution in [-0.2, 0) is 24.5 Å². The number of allylic oxidation sites excluding steroid dienone is 1. The van der Waals surface area contributed by atoms with Crippen LogP contribution in [-0.4, -0.2) is 26.8 Å². The zero-order valence-corrected chi connectivity index (χ0v) is 25.6. The molecule has 0 N–H and O–H groups in total. The Balaban J connectivity index is 1.68. The predicted molar refractivity (Wildman–Crippen MR) is 164 cm³/mol. The molecular formula is C30H28ClF2IN4O3. The van der Waals surface area contributed by atoms with Crippen LogP contribution in [0.4, 0.5) is 14.5 Å². The van der Waals surface area contributed by atoms with Crippen molar-refractivity contribution in [2.24, 2.45) is 0 Å². The Morgan fingerprint density at radius 2 is 1.80 bits per heavy atom. The van der Waals surface area contributed by atoms with E-state index in [0.717, 1.165) is 21.9 Å². The lowest BCUT2D eigenvalue weighted by atomic mass is 10.1. The van der Waals surface area contributed by atoms with Gasteiger partial charge in [-0.2, -0.15) is 4.68 Å². The number of carbonyl (C=O) groups is 1. The number of hydrogen-bond acceptors (Lipinski definition) is 4. The maximum absolute atomic E-state index is 15.6. The van der Waals surface area contributed by atoms with Gasteiger partial charge < -0.3 is 9.64 Å². The molecule has 1 amide bonds. The first kappa shape index (κ1) is 30.6. The van der Waals surface area contributed by atoms with Crippen LogP contribution in [0.3, 0.4) is 0 Å². The Morgan fingerprint density at radius 1 is 1.07 bits per heavy atom. The Kier molecular flexibility index (Phi) is 10.1. The molecule has 11 heteroatoms. The van der Waals surface area contributed by atoms with Crippen molar-refractivity contribution < 1.29 is 18.3 Å². The van der Waals surface area contributed by atoms with Crippen LogP contribution in [0.25, 0.3) is 5.69 Å². The smallest absolute Gasteiger partial charge is 0.350 e. The summed E-state index contributed by atoms with van der Waals surface area (Å²) in [6, 6.07) is 16.1. The first-order valence-electron chi connectivity index (χ1n) is 12.8. The number of ether oxygens (including phenoxy) is 1. The van der Waals surface area contributed by atoms with Gasteiger partial charge in [-0.05, 0) is 73.2 Å². The Hall–Kier alpha value is -3.35. The van der Waals surface area contributed by atoms with Gasteiger partial charge in [0.1, 0.15) is 23.9 Å². The summed E-state index contributed by atoms with van der Waals surface area (Å²) in [5.41, 5.74) is 1.10. The van der Waals surface area contributed by atoms with Crippen molar-refractivity contribution in [3.63, 3.8) is 0 Å². The summed E-state index contributed by atoms with van der Waals surface area (Å²) < 4.78 is 38.9. The molecule has 0 fully saturated rings. The topological polar surface area (TPSA) is 69.4 Å². The maximum atomic E-state index is 15.6. The number of nitrogens with zero attached hydrogens (tertiary/aromatic N) is 4. The van der Waals surface area contributed by atoms with Crippen molar-refractivity contribution in [3.05, 3.63) is 120 Å². The van der Waals surface area contributed by atoms with Gasteiger partial charge in [0.15, 0.2) is 5.82 Å². The molecule has 0 unspecified atom stereocenters. The summed E-state index contributed by atoms with van der Waals surface area (Å²) in [6.07, 6.45) is 1.75. The minimum Gasteiger partial charge on any atom is -0.369 e. The zero-order valence-electron chi connectivity index (χ0n) is 22.7. The van der Waals surface area contributed by atoms with E-state index in [4.69, 9.17) is 16.3 Å². The fourth-order valence-electron chi connectivity index (χ4n) is 4.16. The molecule has 0 aliphatic rings. The molecule has 1 heterocycles. The van der Waals surface area contributed by atoms with Crippen molar-refractivity contribution >= 4 is 45.8 Å². The van der Waals surface area contributed by atoms with Crippen molar-refractivity contribution in [3.8, 4) is 5.69 Å². The predicted octanol–water partition coefficient (Wildman–Crippen LogP) is 6.92. The summed E-state index contributed by atoms with van der Waals surface area (Å²) >= 11 is 8.17. The molecule has 0 radical (unpaired) electrons. The van der Waals surface area contributed by atoms with Gasteiger partial charge >= 0.3 is 5.69 Å². The van der Waals surface area contributed by atoms with Crippen LogP contribution in [0, 0.1) is 15.2 Å². The summed E-state index contributed by atoms with van der Waals surface area (Å²) in [7, 11) is 0. The molecule has 0 aliphatic heterocycles. The van der Waals surface area contributed by atoms with E-state index in [0.29, 0.717) is 22.5 Å². The van der Waals surface area contributed by atoms with E-state index in [1.165, 1.54) is 33.7 Å². The molecule has 0 atom stereocenters. The Labute approximate surface area is 255 Å². The van der Waals surface area contributed by atoms with Crippen LogP contribution in [0.15, 0.2) is 77.1 Å². The molecule has 0 bridgehead atoms. The Morgan fingerprint density at radius 3 is 2.46 bits per heavy atom. The van der Waals surface area contributed by atoms with Crippen molar-refractivity contribution in [1.29, 1.82) is 0 Å². The third-order valence-corrected chi connectivity index (χ3v) is 7.43. The lowest BCUT2D eigenvalue weighted by Crippen LogP contribution is -2.33. The van der Waals surface area contributed by atoms with Crippen LogP contribution >= 0.6 is 34.2 Å². The van der Waals surface area contributed by atoms with Gasteiger partial charge in [0, 0.05) is 16.7 Å². The fraction of sp³-hybridized carbons (Fsp3) is 0.233. The minimum absolute atomic E-state index is 0.0114. The van der Waals surface area contributed by atoms with Crippen molar-refractivity contribution in [2.45, 2.75) is 40.5 Å². The standard InChI is InChI=1S/C30H28ClF2IN4O3/c1-4-36-27(18-41-17-20-9-6-5-7-10-20)35-38(30(36)40)26-16-25(34)21(15-24(26)33)29(39)37(14-13-19(2)3)28-22(31)11-8-12-23(28)32/h5-13,15-16H,4,14,17-18H2,1-3H3. The molecule has 3 aromatic carbocycles. The molecule has 214 valence electrons. The minimum atomic E-state index is -0.838. The monoisotopic (exact) mass is 692 g/mol. The summed E-state index contributed by atoms with van der Waals surface area (Å²) in [6.45, 7) is 6.17. The fourth-order valence-corrected chi connectivity index (χ4v) is 5.10. The molecule has 4 rings (SSSR count). The van der Waals surface area contributed by atoms with E-state index in [9.17, 15) is 14.0 Å². The number of carbonyl (C=O) groups excluding carboxylic acids is 1. The zero-order chi connectivity index (χ0) is 29.7.